The van der Waals surface area contributed by atoms with Gasteiger partial charge in [0.15, 0.2) is 5.13 Å². The van der Waals surface area contributed by atoms with Crippen LogP contribution in [0.3, 0.4) is 0 Å². The molecule has 1 aromatic rings. The molecule has 0 saturated carbocycles. The Kier molecular flexibility index (Phi) is 6.27. The molecule has 0 bridgehead atoms. The van der Waals surface area contributed by atoms with Crippen molar-refractivity contribution in [2.45, 2.75) is 32.6 Å². The predicted molar refractivity (Wildman–Crippen MR) is 74.1 cm³/mol. The van der Waals surface area contributed by atoms with E-state index >= 15 is 0 Å². The molecule has 0 aliphatic heterocycles. The molecule has 0 radical (unpaired) electrons. The average molecular weight is 285 g/mol. The fraction of sp³-hybridized carbons (Fsp3) is 0.583. The molecule has 0 aliphatic rings. The molecule has 0 aliphatic carbocycles. The number of carboxylic acids is 1. The summed E-state index contributed by atoms with van der Waals surface area (Å²) >= 11 is 1.23. The molecule has 6 nitrogen and oxygen atoms in total. The summed E-state index contributed by atoms with van der Waals surface area (Å²) in [7, 11) is 0. The summed E-state index contributed by atoms with van der Waals surface area (Å²) in [4.78, 5) is 26.1. The van der Waals surface area contributed by atoms with Crippen molar-refractivity contribution in [3.05, 3.63) is 11.1 Å². The number of rotatable bonds is 8. The van der Waals surface area contributed by atoms with Crippen molar-refractivity contribution in [2.75, 3.05) is 12.3 Å². The first-order valence-corrected chi connectivity index (χ1v) is 7.11. The zero-order chi connectivity index (χ0) is 14.3. The maximum Gasteiger partial charge on any atom is 0.303 e. The Balaban J connectivity index is 2.28. The van der Waals surface area contributed by atoms with Crippen LogP contribution in [0.4, 0.5) is 5.13 Å². The Morgan fingerprint density at radius 3 is 2.79 bits per heavy atom. The highest BCUT2D eigenvalue weighted by atomic mass is 32.1. The Morgan fingerprint density at radius 1 is 1.53 bits per heavy atom. The summed E-state index contributed by atoms with van der Waals surface area (Å²) in [6.45, 7) is 2.55. The van der Waals surface area contributed by atoms with E-state index in [9.17, 15) is 9.59 Å². The van der Waals surface area contributed by atoms with E-state index in [-0.39, 0.29) is 12.3 Å². The number of aromatic nitrogens is 1. The maximum atomic E-state index is 11.7. The van der Waals surface area contributed by atoms with Crippen molar-refractivity contribution in [1.82, 2.24) is 10.3 Å². The Morgan fingerprint density at radius 2 is 2.26 bits per heavy atom. The third-order valence-electron chi connectivity index (χ3n) is 2.94. The van der Waals surface area contributed by atoms with E-state index in [0.717, 1.165) is 12.8 Å². The lowest BCUT2D eigenvalue weighted by Gasteiger charge is -2.13. The molecule has 1 unspecified atom stereocenters. The normalized spacial score (nSPS) is 12.1. The Labute approximate surface area is 116 Å². The number of anilines is 1. The second kappa shape index (κ2) is 7.73. The zero-order valence-corrected chi connectivity index (χ0v) is 11.7. The summed E-state index contributed by atoms with van der Waals surface area (Å²) in [6, 6.07) is 0. The number of carboxylic acid groups (broad SMARTS) is 1. The first kappa shape index (κ1) is 15.4. The summed E-state index contributed by atoms with van der Waals surface area (Å²) in [5, 5.41) is 13.4. The molecule has 19 heavy (non-hydrogen) atoms. The molecule has 1 atom stereocenters. The van der Waals surface area contributed by atoms with Gasteiger partial charge < -0.3 is 16.2 Å². The van der Waals surface area contributed by atoms with Crippen LogP contribution in [0.25, 0.3) is 0 Å². The number of carbonyl (C=O) groups is 2. The molecular weight excluding hydrogens is 266 g/mol. The van der Waals surface area contributed by atoms with Gasteiger partial charge >= 0.3 is 5.97 Å². The number of nitrogens with two attached hydrogens (primary N) is 1. The number of nitrogen functional groups attached to an aromatic ring is 1. The molecule has 0 aromatic carbocycles. The van der Waals surface area contributed by atoms with Crippen molar-refractivity contribution in [1.29, 1.82) is 0 Å². The van der Waals surface area contributed by atoms with Crippen LogP contribution >= 0.6 is 11.3 Å². The van der Waals surface area contributed by atoms with Crippen LogP contribution in [-0.2, 0) is 4.79 Å². The number of aliphatic carboxylic acids is 1. The Bertz CT molecular complexity index is 434. The number of thiazole rings is 1. The van der Waals surface area contributed by atoms with E-state index in [1.54, 1.807) is 5.38 Å². The van der Waals surface area contributed by atoms with Crippen LogP contribution in [0.15, 0.2) is 5.38 Å². The lowest BCUT2D eigenvalue weighted by molar-refractivity contribution is -0.137. The van der Waals surface area contributed by atoms with E-state index in [2.05, 4.69) is 10.3 Å². The zero-order valence-electron chi connectivity index (χ0n) is 10.9. The maximum absolute atomic E-state index is 11.7. The number of nitrogens with one attached hydrogen (secondary N) is 1. The molecule has 0 saturated heterocycles. The van der Waals surface area contributed by atoms with Crippen LogP contribution in [0.2, 0.25) is 0 Å². The average Bonchev–Trinajstić information content (AvgIpc) is 2.79. The van der Waals surface area contributed by atoms with Gasteiger partial charge in [0.1, 0.15) is 5.69 Å². The van der Waals surface area contributed by atoms with Gasteiger partial charge in [0.2, 0.25) is 0 Å². The molecular formula is C12H19N3O3S. The molecule has 106 valence electrons. The minimum Gasteiger partial charge on any atom is -0.481 e. The van der Waals surface area contributed by atoms with Crippen LogP contribution in [0.1, 0.15) is 43.1 Å². The van der Waals surface area contributed by atoms with Gasteiger partial charge in [0.25, 0.3) is 5.91 Å². The molecule has 1 amide bonds. The third kappa shape index (κ3) is 5.69. The molecule has 1 heterocycles. The van der Waals surface area contributed by atoms with Gasteiger partial charge in [-0.25, -0.2) is 4.98 Å². The van der Waals surface area contributed by atoms with Gasteiger partial charge in [0.05, 0.1) is 0 Å². The SMILES string of the molecule is CCC(CCNC(=O)c1csc(N)n1)CCC(=O)O. The predicted octanol–water partition coefficient (Wildman–Crippen LogP) is 1.74. The van der Waals surface area contributed by atoms with Crippen LogP contribution in [0.5, 0.6) is 0 Å². The molecule has 1 rings (SSSR count). The van der Waals surface area contributed by atoms with Gasteiger partial charge in [-0.3, -0.25) is 9.59 Å². The highest BCUT2D eigenvalue weighted by Gasteiger charge is 2.12. The van der Waals surface area contributed by atoms with E-state index in [1.165, 1.54) is 11.3 Å². The minimum atomic E-state index is -0.777. The second-order valence-electron chi connectivity index (χ2n) is 4.32. The number of nitrogens with zero attached hydrogens (tertiary/aromatic N) is 1. The number of amides is 1. The van der Waals surface area contributed by atoms with E-state index < -0.39 is 5.97 Å². The quantitative estimate of drug-likeness (QED) is 0.674. The van der Waals surface area contributed by atoms with Crippen LogP contribution < -0.4 is 11.1 Å². The molecule has 4 N–H and O–H groups in total. The van der Waals surface area contributed by atoms with Crippen molar-refractivity contribution in [3.63, 3.8) is 0 Å². The van der Waals surface area contributed by atoms with Crippen molar-refractivity contribution in [2.24, 2.45) is 5.92 Å². The van der Waals surface area contributed by atoms with Gasteiger partial charge in [0, 0.05) is 18.3 Å². The molecule has 1 aromatic heterocycles. The first-order chi connectivity index (χ1) is 9.02. The van der Waals surface area contributed by atoms with Gasteiger partial charge in [-0.15, -0.1) is 11.3 Å². The van der Waals surface area contributed by atoms with Crippen molar-refractivity contribution in [3.8, 4) is 0 Å². The third-order valence-corrected chi connectivity index (χ3v) is 3.61. The summed E-state index contributed by atoms with van der Waals surface area (Å²) in [5.74, 6) is -0.696. The lowest BCUT2D eigenvalue weighted by atomic mass is 9.97. The van der Waals surface area contributed by atoms with Crippen LogP contribution in [-0.4, -0.2) is 28.5 Å². The smallest absolute Gasteiger partial charge is 0.303 e. The molecule has 0 fully saturated rings. The monoisotopic (exact) mass is 285 g/mol. The minimum absolute atomic E-state index is 0.176. The number of carbonyl (C=O) groups excluding carboxylic acids is 1. The molecule has 0 spiro atoms. The summed E-state index contributed by atoms with van der Waals surface area (Å²) < 4.78 is 0. The second-order valence-corrected chi connectivity index (χ2v) is 5.21. The van der Waals surface area contributed by atoms with Crippen LogP contribution in [0, 0.1) is 5.92 Å². The lowest BCUT2D eigenvalue weighted by Crippen LogP contribution is -2.26. The largest absolute Gasteiger partial charge is 0.481 e. The standard InChI is InChI=1S/C12H19N3O3S/c1-2-8(3-4-10(16)17)5-6-14-11(18)9-7-19-12(13)15-9/h7-8H,2-6H2,1H3,(H2,13,15)(H,14,18)(H,16,17). The highest BCUT2D eigenvalue weighted by molar-refractivity contribution is 7.13. The topological polar surface area (TPSA) is 105 Å². The Hall–Kier alpha value is -1.63. The fourth-order valence-electron chi connectivity index (χ4n) is 1.75. The van der Waals surface area contributed by atoms with E-state index in [4.69, 9.17) is 10.8 Å². The summed E-state index contributed by atoms with van der Waals surface area (Å²) in [5.41, 5.74) is 5.79. The number of hydrogen-bond donors (Lipinski definition) is 3. The van der Waals surface area contributed by atoms with Crippen molar-refractivity contribution < 1.29 is 14.7 Å². The van der Waals surface area contributed by atoms with Gasteiger partial charge in [-0.05, 0) is 18.8 Å². The molecule has 7 heteroatoms. The summed E-state index contributed by atoms with van der Waals surface area (Å²) in [6.07, 6.45) is 2.50. The van der Waals surface area contributed by atoms with Gasteiger partial charge in [-0.2, -0.15) is 0 Å². The van der Waals surface area contributed by atoms with Gasteiger partial charge in [-0.1, -0.05) is 13.3 Å². The first-order valence-electron chi connectivity index (χ1n) is 6.24. The highest BCUT2D eigenvalue weighted by Crippen LogP contribution is 2.15. The van der Waals surface area contributed by atoms with E-state index in [0.29, 0.717) is 29.7 Å². The fourth-order valence-corrected chi connectivity index (χ4v) is 2.30. The number of hydrogen-bond acceptors (Lipinski definition) is 5. The van der Waals surface area contributed by atoms with Crippen molar-refractivity contribution >= 4 is 28.3 Å². The van der Waals surface area contributed by atoms with E-state index in [1.807, 2.05) is 6.92 Å².